The summed E-state index contributed by atoms with van der Waals surface area (Å²) in [6, 6.07) is 1.39. The topological polar surface area (TPSA) is 85.1 Å². The molecule has 4 rings (SSSR count). The number of pyridine rings is 1. The largest absolute Gasteiger partial charge is 0.306 e. The van der Waals surface area contributed by atoms with E-state index in [0.29, 0.717) is 17.0 Å². The van der Waals surface area contributed by atoms with E-state index in [9.17, 15) is 14.9 Å². The number of thiophene rings is 2. The second-order valence-corrected chi connectivity index (χ2v) is 7.72. The number of aryl methyl sites for hydroxylation is 2. The zero-order valence-corrected chi connectivity index (χ0v) is 14.4. The summed E-state index contributed by atoms with van der Waals surface area (Å²) in [6.45, 7) is 4.10. The molecule has 4 heterocycles. The van der Waals surface area contributed by atoms with E-state index in [4.69, 9.17) is 0 Å². The molecular weight excluding hydrogens is 346 g/mol. The van der Waals surface area contributed by atoms with Crippen LogP contribution in [0.3, 0.4) is 0 Å². The van der Waals surface area contributed by atoms with Gasteiger partial charge in [0.05, 0.1) is 14.5 Å². The number of nitro groups is 1. The summed E-state index contributed by atoms with van der Waals surface area (Å²) in [7, 11) is 0. The van der Waals surface area contributed by atoms with Crippen LogP contribution in [0.15, 0.2) is 17.6 Å². The summed E-state index contributed by atoms with van der Waals surface area (Å²) < 4.78 is 1.22. The Morgan fingerprint density at radius 1 is 1.38 bits per heavy atom. The zero-order valence-electron chi connectivity index (χ0n) is 12.7. The molecule has 0 atom stereocenters. The van der Waals surface area contributed by atoms with Crippen molar-refractivity contribution in [2.24, 2.45) is 0 Å². The molecule has 120 valence electrons. The number of hydrogen-bond donors (Lipinski definition) is 1. The van der Waals surface area contributed by atoms with Crippen LogP contribution in [-0.2, 0) is 4.79 Å². The fourth-order valence-corrected chi connectivity index (χ4v) is 5.30. The fraction of sp³-hybridized carbons (Fsp3) is 0.125. The molecule has 8 heteroatoms. The minimum absolute atomic E-state index is 0.129. The Bertz CT molecular complexity index is 1060. The lowest BCUT2D eigenvalue weighted by molar-refractivity contribution is -0.385. The second-order valence-electron chi connectivity index (χ2n) is 5.53. The van der Waals surface area contributed by atoms with Gasteiger partial charge in [-0.05, 0) is 36.4 Å². The summed E-state index contributed by atoms with van der Waals surface area (Å²) in [4.78, 5) is 27.7. The van der Waals surface area contributed by atoms with Gasteiger partial charge in [-0.15, -0.1) is 22.7 Å². The number of amides is 1. The maximum Gasteiger partial charge on any atom is 0.288 e. The molecule has 24 heavy (non-hydrogen) atoms. The molecule has 6 nitrogen and oxygen atoms in total. The minimum atomic E-state index is -0.510. The van der Waals surface area contributed by atoms with E-state index in [1.165, 1.54) is 21.0 Å². The Morgan fingerprint density at radius 2 is 2.17 bits per heavy atom. The van der Waals surface area contributed by atoms with E-state index >= 15 is 0 Å². The van der Waals surface area contributed by atoms with Gasteiger partial charge >= 0.3 is 0 Å². The minimum Gasteiger partial charge on any atom is -0.306 e. The number of nitrogens with one attached hydrogen (secondary N) is 1. The van der Waals surface area contributed by atoms with E-state index in [1.807, 2.05) is 6.92 Å². The molecular formula is C16H11N3O3S2. The molecule has 1 N–H and O–H groups in total. The van der Waals surface area contributed by atoms with Gasteiger partial charge in [0.15, 0.2) is 0 Å². The van der Waals surface area contributed by atoms with Crippen molar-refractivity contribution in [3.63, 3.8) is 0 Å². The van der Waals surface area contributed by atoms with Crippen LogP contribution >= 0.6 is 22.7 Å². The lowest BCUT2D eigenvalue weighted by Crippen LogP contribution is -2.04. The van der Waals surface area contributed by atoms with Crippen LogP contribution in [0, 0.1) is 24.0 Å². The maximum atomic E-state index is 12.3. The first-order chi connectivity index (χ1) is 11.5. The molecule has 3 aromatic rings. The summed E-state index contributed by atoms with van der Waals surface area (Å²) in [5.41, 5.74) is 3.11. The monoisotopic (exact) mass is 357 g/mol. The third-order valence-electron chi connectivity index (χ3n) is 4.01. The van der Waals surface area contributed by atoms with Crippen LogP contribution in [0.25, 0.3) is 21.0 Å². The lowest BCUT2D eigenvalue weighted by atomic mass is 10.1. The Hall–Kier alpha value is -2.58. The van der Waals surface area contributed by atoms with Crippen molar-refractivity contribution in [3.05, 3.63) is 49.3 Å². The van der Waals surface area contributed by atoms with E-state index in [-0.39, 0.29) is 11.6 Å². The van der Waals surface area contributed by atoms with Crippen LogP contribution in [0.4, 0.5) is 11.5 Å². The van der Waals surface area contributed by atoms with Crippen molar-refractivity contribution in [1.29, 1.82) is 0 Å². The first kappa shape index (κ1) is 15.0. The first-order valence-electron chi connectivity index (χ1n) is 7.10. The Balaban J connectivity index is 1.88. The SMILES string of the molecule is Cc1csc2sc(C=C3C(=O)Nc4ncc([N+](=O)[O-])cc43)c(C)c12. The van der Waals surface area contributed by atoms with Gasteiger partial charge < -0.3 is 5.32 Å². The molecule has 0 saturated carbocycles. The number of hydrogen-bond acceptors (Lipinski definition) is 6. The third kappa shape index (κ3) is 2.15. The quantitative estimate of drug-likeness (QED) is 0.419. The molecule has 1 aliphatic heterocycles. The van der Waals surface area contributed by atoms with E-state index < -0.39 is 4.92 Å². The number of carbonyl (C=O) groups is 1. The molecule has 0 fully saturated rings. The van der Waals surface area contributed by atoms with Gasteiger partial charge in [-0.2, -0.15) is 0 Å². The van der Waals surface area contributed by atoms with Gasteiger partial charge in [0.2, 0.25) is 0 Å². The molecule has 0 saturated heterocycles. The molecule has 0 aliphatic carbocycles. The number of aromatic nitrogens is 1. The number of carbonyl (C=O) groups excluding carboxylic acids is 1. The summed E-state index contributed by atoms with van der Waals surface area (Å²) in [5, 5.41) is 17.0. The van der Waals surface area contributed by atoms with E-state index in [0.717, 1.165) is 16.6 Å². The Kier molecular flexibility index (Phi) is 3.26. The van der Waals surface area contributed by atoms with Gasteiger partial charge in [0.25, 0.3) is 11.6 Å². The number of nitrogens with zero attached hydrogens (tertiary/aromatic N) is 2. The predicted octanol–water partition coefficient (Wildman–Crippen LogP) is 4.38. The summed E-state index contributed by atoms with van der Waals surface area (Å²) in [6.07, 6.45) is 2.95. The second kappa shape index (κ2) is 5.22. The van der Waals surface area contributed by atoms with Crippen molar-refractivity contribution in [2.45, 2.75) is 13.8 Å². The van der Waals surface area contributed by atoms with Crippen molar-refractivity contribution in [3.8, 4) is 0 Å². The Labute approximate surface area is 144 Å². The van der Waals surface area contributed by atoms with Crippen LogP contribution in [0.2, 0.25) is 0 Å². The van der Waals surface area contributed by atoms with Crippen molar-refractivity contribution >= 4 is 61.1 Å². The third-order valence-corrected chi connectivity index (χ3v) is 6.48. The summed E-state index contributed by atoms with van der Waals surface area (Å²) in [5.74, 6) is 0.0786. The van der Waals surface area contributed by atoms with Gasteiger partial charge in [-0.3, -0.25) is 14.9 Å². The molecule has 1 amide bonds. The van der Waals surface area contributed by atoms with Gasteiger partial charge in [-0.1, -0.05) is 0 Å². The molecule has 0 bridgehead atoms. The standard InChI is InChI=1S/C16H11N3O3S2/c1-7-6-23-16-13(7)8(2)12(24-16)4-11-10-3-9(19(21)22)5-17-14(10)18-15(11)20/h3-6H,1-2H3,(H,17,18,20). The predicted molar refractivity (Wildman–Crippen MR) is 96.6 cm³/mol. The number of fused-ring (bicyclic) bond motifs is 2. The van der Waals surface area contributed by atoms with Gasteiger partial charge in [-0.25, -0.2) is 4.98 Å². The van der Waals surface area contributed by atoms with E-state index in [2.05, 4.69) is 22.6 Å². The average molecular weight is 357 g/mol. The molecule has 0 unspecified atom stereocenters. The van der Waals surface area contributed by atoms with Crippen molar-refractivity contribution < 1.29 is 9.72 Å². The van der Waals surface area contributed by atoms with Crippen molar-refractivity contribution in [2.75, 3.05) is 5.32 Å². The first-order valence-corrected chi connectivity index (χ1v) is 8.80. The Morgan fingerprint density at radius 3 is 2.88 bits per heavy atom. The van der Waals surface area contributed by atoms with Gasteiger partial charge in [0.1, 0.15) is 12.0 Å². The smallest absolute Gasteiger partial charge is 0.288 e. The van der Waals surface area contributed by atoms with E-state index in [1.54, 1.807) is 28.7 Å². The molecule has 0 radical (unpaired) electrons. The normalized spacial score (nSPS) is 15.1. The lowest BCUT2D eigenvalue weighted by Gasteiger charge is -1.98. The van der Waals surface area contributed by atoms with Gasteiger partial charge in [0, 0.05) is 21.9 Å². The fourth-order valence-electron chi connectivity index (χ4n) is 2.81. The van der Waals surface area contributed by atoms with Crippen LogP contribution in [-0.4, -0.2) is 15.8 Å². The molecule has 3 aromatic heterocycles. The molecule has 0 spiro atoms. The van der Waals surface area contributed by atoms with Crippen LogP contribution in [0.5, 0.6) is 0 Å². The summed E-state index contributed by atoms with van der Waals surface area (Å²) >= 11 is 3.31. The highest BCUT2D eigenvalue weighted by Crippen LogP contribution is 2.41. The maximum absolute atomic E-state index is 12.3. The highest BCUT2D eigenvalue weighted by molar-refractivity contribution is 7.38. The number of anilines is 1. The molecule has 0 aromatic carbocycles. The van der Waals surface area contributed by atoms with Crippen molar-refractivity contribution in [1.82, 2.24) is 4.98 Å². The average Bonchev–Trinajstić information content (AvgIpc) is 3.16. The zero-order chi connectivity index (χ0) is 17.0. The highest BCUT2D eigenvalue weighted by Gasteiger charge is 2.28. The highest BCUT2D eigenvalue weighted by atomic mass is 32.2. The molecule has 1 aliphatic rings. The van der Waals surface area contributed by atoms with Crippen LogP contribution in [0.1, 0.15) is 21.6 Å². The van der Waals surface area contributed by atoms with Crippen LogP contribution < -0.4 is 5.32 Å². The number of rotatable bonds is 2.